The molecule has 0 aliphatic heterocycles. The van der Waals surface area contributed by atoms with Gasteiger partial charge >= 0.3 is 11.9 Å². The first kappa shape index (κ1) is 13.7. The summed E-state index contributed by atoms with van der Waals surface area (Å²) >= 11 is 0. The molecule has 0 heterocycles. The molecule has 0 aromatic heterocycles. The normalized spacial score (nSPS) is 23.4. The van der Waals surface area contributed by atoms with E-state index in [2.05, 4.69) is 4.99 Å². The number of aliphatic imine (C=N–C) groups is 1. The van der Waals surface area contributed by atoms with Gasteiger partial charge in [0.1, 0.15) is 5.41 Å². The number of rotatable bonds is 3. The van der Waals surface area contributed by atoms with Crippen LogP contribution in [0.5, 0.6) is 0 Å². The van der Waals surface area contributed by atoms with Crippen molar-refractivity contribution in [1.29, 1.82) is 0 Å². The lowest BCUT2D eigenvalue weighted by molar-refractivity contribution is -0.141. The molecular formula is C15H13NO4. The van der Waals surface area contributed by atoms with Crippen LogP contribution < -0.4 is 0 Å². The summed E-state index contributed by atoms with van der Waals surface area (Å²) in [5.74, 6) is -2.34. The van der Waals surface area contributed by atoms with Gasteiger partial charge in [0.05, 0.1) is 17.0 Å². The van der Waals surface area contributed by atoms with Crippen molar-refractivity contribution in [3.8, 4) is 0 Å². The van der Waals surface area contributed by atoms with E-state index >= 15 is 0 Å². The number of aliphatic carboxylic acids is 2. The minimum absolute atomic E-state index is 0.0196. The highest BCUT2D eigenvalue weighted by atomic mass is 16.4. The summed E-state index contributed by atoms with van der Waals surface area (Å²) in [7, 11) is 0. The van der Waals surface area contributed by atoms with Gasteiger partial charge in [0.15, 0.2) is 0 Å². The Bertz CT molecular complexity index is 643. The van der Waals surface area contributed by atoms with E-state index in [4.69, 9.17) is 0 Å². The Morgan fingerprint density at radius 1 is 1.15 bits per heavy atom. The summed E-state index contributed by atoms with van der Waals surface area (Å²) < 4.78 is 0. The maximum atomic E-state index is 11.5. The molecule has 1 aromatic rings. The van der Waals surface area contributed by atoms with Crippen molar-refractivity contribution in [2.45, 2.75) is 6.92 Å². The predicted octanol–water partition coefficient (Wildman–Crippen LogP) is 2.43. The first-order chi connectivity index (χ1) is 9.45. The van der Waals surface area contributed by atoms with Crippen LogP contribution in [0.1, 0.15) is 6.92 Å². The largest absolute Gasteiger partial charge is 0.480 e. The van der Waals surface area contributed by atoms with Gasteiger partial charge in [0, 0.05) is 0 Å². The smallest absolute Gasteiger partial charge is 0.337 e. The fraction of sp³-hybridized carbons (Fsp3) is 0.133. The Labute approximate surface area is 115 Å². The number of carboxylic acid groups (broad SMARTS) is 2. The first-order valence-corrected chi connectivity index (χ1v) is 5.96. The molecule has 102 valence electrons. The topological polar surface area (TPSA) is 87.0 Å². The van der Waals surface area contributed by atoms with E-state index in [0.29, 0.717) is 5.69 Å². The third-order valence-electron chi connectivity index (χ3n) is 3.11. The molecule has 0 radical (unpaired) electrons. The molecule has 1 aromatic carbocycles. The molecule has 1 aliphatic rings. The zero-order chi connectivity index (χ0) is 14.8. The Kier molecular flexibility index (Phi) is 3.52. The fourth-order valence-electron chi connectivity index (χ4n) is 1.93. The minimum atomic E-state index is -1.46. The molecule has 0 fully saturated rings. The molecule has 1 unspecified atom stereocenters. The number of benzene rings is 1. The minimum Gasteiger partial charge on any atom is -0.480 e. The number of carbonyl (C=O) groups is 2. The molecular weight excluding hydrogens is 258 g/mol. The molecule has 1 atom stereocenters. The van der Waals surface area contributed by atoms with Crippen molar-refractivity contribution in [3.05, 3.63) is 54.1 Å². The molecule has 5 nitrogen and oxygen atoms in total. The van der Waals surface area contributed by atoms with Crippen molar-refractivity contribution in [3.63, 3.8) is 0 Å². The molecule has 0 bridgehead atoms. The van der Waals surface area contributed by atoms with E-state index in [0.717, 1.165) is 0 Å². The molecule has 2 N–H and O–H groups in total. The SMILES string of the molecule is CC1(C(=O)O)C=CC=C(C(=O)O)C1=Nc1ccccc1. The predicted molar refractivity (Wildman–Crippen MR) is 74.1 cm³/mol. The van der Waals surface area contributed by atoms with Crippen molar-refractivity contribution in [2.75, 3.05) is 0 Å². The van der Waals surface area contributed by atoms with E-state index in [1.807, 2.05) is 0 Å². The summed E-state index contributed by atoms with van der Waals surface area (Å²) in [5.41, 5.74) is -1.04. The van der Waals surface area contributed by atoms with Crippen LogP contribution in [-0.4, -0.2) is 27.9 Å². The van der Waals surface area contributed by atoms with Crippen LogP contribution in [0.3, 0.4) is 0 Å². The van der Waals surface area contributed by atoms with E-state index in [1.165, 1.54) is 25.2 Å². The highest BCUT2D eigenvalue weighted by molar-refractivity contribution is 6.28. The standard InChI is InChI=1S/C15H13NO4/c1-15(14(19)20)9-5-8-11(13(17)18)12(15)16-10-6-3-2-4-7-10/h2-9H,1H3,(H,17,18)(H,19,20). The Morgan fingerprint density at radius 2 is 1.80 bits per heavy atom. The quantitative estimate of drug-likeness (QED) is 0.883. The maximum absolute atomic E-state index is 11.5. The molecule has 5 heteroatoms. The highest BCUT2D eigenvalue weighted by Crippen LogP contribution is 2.31. The molecule has 2 rings (SSSR count). The van der Waals surface area contributed by atoms with Gasteiger partial charge in [0.2, 0.25) is 0 Å². The molecule has 0 spiro atoms. The van der Waals surface area contributed by atoms with Crippen molar-refractivity contribution in [2.24, 2.45) is 10.4 Å². The van der Waals surface area contributed by atoms with E-state index < -0.39 is 17.4 Å². The van der Waals surface area contributed by atoms with Crippen molar-refractivity contribution in [1.82, 2.24) is 0 Å². The van der Waals surface area contributed by atoms with Gasteiger partial charge in [-0.2, -0.15) is 0 Å². The first-order valence-electron chi connectivity index (χ1n) is 5.96. The van der Waals surface area contributed by atoms with E-state index in [-0.39, 0.29) is 11.3 Å². The zero-order valence-corrected chi connectivity index (χ0v) is 10.8. The number of carboxylic acids is 2. The monoisotopic (exact) mass is 271 g/mol. The number of hydrogen-bond donors (Lipinski definition) is 2. The summed E-state index contributed by atoms with van der Waals surface area (Å²) in [5, 5.41) is 18.6. The van der Waals surface area contributed by atoms with Crippen LogP contribution in [0.4, 0.5) is 5.69 Å². The van der Waals surface area contributed by atoms with Crippen LogP contribution in [0.15, 0.2) is 59.1 Å². The molecule has 1 aliphatic carbocycles. The second kappa shape index (κ2) is 5.13. The molecule has 0 saturated carbocycles. The lowest BCUT2D eigenvalue weighted by Crippen LogP contribution is -2.38. The van der Waals surface area contributed by atoms with E-state index in [1.54, 1.807) is 30.3 Å². The van der Waals surface area contributed by atoms with Crippen LogP contribution >= 0.6 is 0 Å². The van der Waals surface area contributed by atoms with Crippen LogP contribution in [0.2, 0.25) is 0 Å². The zero-order valence-electron chi connectivity index (χ0n) is 10.8. The van der Waals surface area contributed by atoms with Gasteiger partial charge < -0.3 is 10.2 Å². The summed E-state index contributed by atoms with van der Waals surface area (Å²) in [6.07, 6.45) is 4.22. The van der Waals surface area contributed by atoms with Crippen LogP contribution in [0, 0.1) is 5.41 Å². The highest BCUT2D eigenvalue weighted by Gasteiger charge is 2.41. The van der Waals surface area contributed by atoms with Crippen LogP contribution in [0.25, 0.3) is 0 Å². The molecule has 20 heavy (non-hydrogen) atoms. The van der Waals surface area contributed by atoms with Crippen molar-refractivity contribution < 1.29 is 19.8 Å². The Balaban J connectivity index is 2.61. The van der Waals surface area contributed by atoms with E-state index in [9.17, 15) is 19.8 Å². The number of para-hydroxylation sites is 1. The van der Waals surface area contributed by atoms with Crippen molar-refractivity contribution >= 4 is 23.3 Å². The lowest BCUT2D eigenvalue weighted by atomic mass is 9.78. The van der Waals surface area contributed by atoms with Gasteiger partial charge in [-0.05, 0) is 25.1 Å². The molecule has 0 saturated heterocycles. The second-order valence-electron chi connectivity index (χ2n) is 4.55. The third kappa shape index (κ3) is 2.38. The fourth-order valence-corrected chi connectivity index (χ4v) is 1.93. The second-order valence-corrected chi connectivity index (χ2v) is 4.55. The van der Waals surface area contributed by atoms with Gasteiger partial charge in [-0.25, -0.2) is 4.79 Å². The van der Waals surface area contributed by atoms with Gasteiger partial charge in [-0.3, -0.25) is 9.79 Å². The van der Waals surface area contributed by atoms with Gasteiger partial charge in [-0.1, -0.05) is 30.4 Å². The van der Waals surface area contributed by atoms with Gasteiger partial charge in [-0.15, -0.1) is 0 Å². The number of allylic oxidation sites excluding steroid dienone is 2. The van der Waals surface area contributed by atoms with Gasteiger partial charge in [0.25, 0.3) is 0 Å². The summed E-state index contributed by atoms with van der Waals surface area (Å²) in [6, 6.07) is 8.68. The third-order valence-corrected chi connectivity index (χ3v) is 3.11. The Morgan fingerprint density at radius 3 is 2.35 bits per heavy atom. The summed E-state index contributed by atoms with van der Waals surface area (Å²) in [6.45, 7) is 1.43. The number of nitrogens with zero attached hydrogens (tertiary/aromatic N) is 1. The average Bonchev–Trinajstić information content (AvgIpc) is 2.42. The summed E-state index contributed by atoms with van der Waals surface area (Å²) in [4.78, 5) is 27.0. The maximum Gasteiger partial charge on any atom is 0.337 e. The average molecular weight is 271 g/mol. The Hall–Kier alpha value is -2.69. The van der Waals surface area contributed by atoms with Crippen LogP contribution in [-0.2, 0) is 9.59 Å². The molecule has 0 amide bonds. The lowest BCUT2D eigenvalue weighted by Gasteiger charge is -2.26. The number of hydrogen-bond acceptors (Lipinski definition) is 3.